The highest BCUT2D eigenvalue weighted by Crippen LogP contribution is 2.32. The van der Waals surface area contributed by atoms with Crippen LogP contribution in [0.5, 0.6) is 0 Å². The number of hydrogen-bond donors (Lipinski definition) is 0. The molecule has 0 bridgehead atoms. The van der Waals surface area contributed by atoms with Crippen LogP contribution in [0.1, 0.15) is 6.42 Å². The van der Waals surface area contributed by atoms with Gasteiger partial charge in [-0.05, 0) is 12.5 Å². The second-order valence-electron chi connectivity index (χ2n) is 6.22. The number of nitrogens with zero attached hydrogens (tertiary/aromatic N) is 3. The smallest absolute Gasteiger partial charge is 0.248 e. The number of aromatic nitrogens is 1. The normalized spacial score (nSPS) is 18.3. The highest BCUT2D eigenvalue weighted by Gasteiger charge is 2.36. The molecule has 0 N–H and O–H groups in total. The summed E-state index contributed by atoms with van der Waals surface area (Å²) >= 11 is 6.22. The van der Waals surface area contributed by atoms with Gasteiger partial charge in [-0.3, -0.25) is 9.78 Å². The number of methoxy groups -OCH3 is 1. The fourth-order valence-electron chi connectivity index (χ4n) is 3.19. The molecule has 1 aliphatic rings. The van der Waals surface area contributed by atoms with Crippen molar-refractivity contribution in [2.75, 3.05) is 33.9 Å². The molecule has 2 aromatic rings. The van der Waals surface area contributed by atoms with E-state index in [-0.39, 0.29) is 30.0 Å². The van der Waals surface area contributed by atoms with Gasteiger partial charge in [0.2, 0.25) is 15.9 Å². The van der Waals surface area contributed by atoms with Crippen LogP contribution < -0.4 is 0 Å². The first-order chi connectivity index (χ1) is 12.4. The van der Waals surface area contributed by atoms with Gasteiger partial charge in [-0.2, -0.15) is 4.31 Å². The van der Waals surface area contributed by atoms with Crippen LogP contribution >= 0.6 is 11.6 Å². The van der Waals surface area contributed by atoms with Gasteiger partial charge in [-0.25, -0.2) is 8.42 Å². The van der Waals surface area contributed by atoms with E-state index in [1.54, 1.807) is 36.3 Å². The highest BCUT2D eigenvalue weighted by atomic mass is 35.5. The number of amides is 1. The molecule has 1 aliphatic heterocycles. The van der Waals surface area contributed by atoms with Crippen LogP contribution in [0, 0.1) is 0 Å². The predicted molar refractivity (Wildman–Crippen MR) is 98.6 cm³/mol. The van der Waals surface area contributed by atoms with Crippen LogP contribution in [0.2, 0.25) is 5.02 Å². The molecule has 7 nitrogen and oxygen atoms in total. The van der Waals surface area contributed by atoms with Crippen LogP contribution in [0.3, 0.4) is 0 Å². The Morgan fingerprint density at radius 2 is 2.19 bits per heavy atom. The average Bonchev–Trinajstić information content (AvgIpc) is 3.12. The summed E-state index contributed by atoms with van der Waals surface area (Å²) in [4.78, 5) is 17.7. The van der Waals surface area contributed by atoms with E-state index in [9.17, 15) is 13.2 Å². The molecule has 0 radical (unpaired) electrons. The monoisotopic (exact) mass is 397 g/mol. The quantitative estimate of drug-likeness (QED) is 0.768. The number of likely N-dealkylation sites (N-methyl/N-ethyl adjacent to an activating group) is 1. The number of ether oxygens (including phenoxy) is 1. The van der Waals surface area contributed by atoms with E-state index in [1.807, 2.05) is 0 Å². The summed E-state index contributed by atoms with van der Waals surface area (Å²) in [6, 6.07) is 4.82. The standard InChI is InChI=1S/C17H20ClN3O4S/c1-20(16(22)11-25-2)13-6-7-21(10-13)26(23,24)15-5-3-4-12-8-19-9-14(18)17(12)15/h3-5,8-9,13H,6-7,10-11H2,1-2H3/t13-/m0/s1. The van der Waals surface area contributed by atoms with Crippen molar-refractivity contribution >= 4 is 38.3 Å². The topological polar surface area (TPSA) is 79.8 Å². The molecule has 0 aliphatic carbocycles. The summed E-state index contributed by atoms with van der Waals surface area (Å²) < 4.78 is 32.6. The van der Waals surface area contributed by atoms with Gasteiger partial charge in [-0.1, -0.05) is 23.7 Å². The van der Waals surface area contributed by atoms with Crippen molar-refractivity contribution in [3.05, 3.63) is 35.6 Å². The zero-order valence-electron chi connectivity index (χ0n) is 14.6. The predicted octanol–water partition coefficient (Wildman–Crippen LogP) is 1.76. The molecule has 3 rings (SSSR count). The fraction of sp³-hybridized carbons (Fsp3) is 0.412. The van der Waals surface area contributed by atoms with Crippen molar-refractivity contribution < 1.29 is 17.9 Å². The van der Waals surface area contributed by atoms with E-state index in [0.717, 1.165) is 0 Å². The van der Waals surface area contributed by atoms with Crippen molar-refractivity contribution in [1.29, 1.82) is 0 Å². The Kier molecular flexibility index (Phi) is 5.47. The Morgan fingerprint density at radius 1 is 1.42 bits per heavy atom. The Bertz CT molecular complexity index is 929. The highest BCUT2D eigenvalue weighted by molar-refractivity contribution is 7.89. The van der Waals surface area contributed by atoms with Crippen LogP contribution in [0.15, 0.2) is 35.5 Å². The maximum atomic E-state index is 13.2. The van der Waals surface area contributed by atoms with Gasteiger partial charge in [0.05, 0.1) is 9.92 Å². The Labute approximate surface area is 157 Å². The SMILES string of the molecule is COCC(=O)N(C)[C@H]1CCN(S(=O)(=O)c2cccc3cncc(Cl)c23)C1. The van der Waals surface area contributed by atoms with Crippen LogP contribution in [-0.2, 0) is 19.6 Å². The zero-order chi connectivity index (χ0) is 18.9. The third-order valence-corrected chi connectivity index (χ3v) is 6.85. The van der Waals surface area contributed by atoms with Crippen LogP contribution in [-0.4, -0.2) is 68.4 Å². The van der Waals surface area contributed by atoms with Gasteiger partial charge >= 0.3 is 0 Å². The number of rotatable bonds is 5. The summed E-state index contributed by atoms with van der Waals surface area (Å²) in [7, 11) is -0.616. The van der Waals surface area contributed by atoms with Crippen molar-refractivity contribution in [1.82, 2.24) is 14.2 Å². The van der Waals surface area contributed by atoms with Crippen LogP contribution in [0.25, 0.3) is 10.8 Å². The van der Waals surface area contributed by atoms with E-state index < -0.39 is 10.0 Å². The maximum Gasteiger partial charge on any atom is 0.248 e. The Morgan fingerprint density at radius 3 is 2.92 bits per heavy atom. The lowest BCUT2D eigenvalue weighted by atomic mass is 10.2. The minimum absolute atomic E-state index is 0.0221. The fourth-order valence-corrected chi connectivity index (χ4v) is 5.24. The van der Waals surface area contributed by atoms with E-state index in [4.69, 9.17) is 16.3 Å². The second-order valence-corrected chi connectivity index (χ2v) is 8.53. The van der Waals surface area contributed by atoms with Gasteiger partial charge < -0.3 is 9.64 Å². The molecule has 1 atom stereocenters. The maximum absolute atomic E-state index is 13.2. The molecule has 0 unspecified atom stereocenters. The van der Waals surface area contributed by atoms with E-state index in [0.29, 0.717) is 28.8 Å². The van der Waals surface area contributed by atoms with Crippen molar-refractivity contribution in [3.8, 4) is 0 Å². The van der Waals surface area contributed by atoms with Crippen molar-refractivity contribution in [2.24, 2.45) is 0 Å². The average molecular weight is 398 g/mol. The summed E-state index contributed by atoms with van der Waals surface area (Å²) in [6.45, 7) is 0.565. The number of halogens is 1. The van der Waals surface area contributed by atoms with Gasteiger partial charge in [0, 0.05) is 56.5 Å². The molecule has 9 heteroatoms. The number of hydrogen-bond acceptors (Lipinski definition) is 5. The van der Waals surface area contributed by atoms with Gasteiger partial charge in [0.25, 0.3) is 0 Å². The van der Waals surface area contributed by atoms with Gasteiger partial charge in [-0.15, -0.1) is 0 Å². The first-order valence-corrected chi connectivity index (χ1v) is 9.95. The lowest BCUT2D eigenvalue weighted by molar-refractivity contribution is -0.135. The largest absolute Gasteiger partial charge is 0.375 e. The Balaban J connectivity index is 1.90. The number of sulfonamides is 1. The minimum atomic E-state index is -3.74. The minimum Gasteiger partial charge on any atom is -0.375 e. The number of fused-ring (bicyclic) bond motifs is 1. The lowest BCUT2D eigenvalue weighted by Gasteiger charge is -2.24. The summed E-state index contributed by atoms with van der Waals surface area (Å²) in [5.74, 6) is -0.170. The summed E-state index contributed by atoms with van der Waals surface area (Å²) in [5.41, 5.74) is 0. The second kappa shape index (κ2) is 7.48. The van der Waals surface area contributed by atoms with Crippen molar-refractivity contribution in [2.45, 2.75) is 17.4 Å². The number of benzene rings is 1. The number of carbonyl (C=O) groups excluding carboxylic acids is 1. The Hall–Kier alpha value is -1.74. The molecule has 1 fully saturated rings. The molecule has 1 aromatic heterocycles. The lowest BCUT2D eigenvalue weighted by Crippen LogP contribution is -2.41. The molecular formula is C17H20ClN3O4S. The molecule has 140 valence electrons. The van der Waals surface area contributed by atoms with Crippen molar-refractivity contribution in [3.63, 3.8) is 0 Å². The molecule has 0 spiro atoms. The summed E-state index contributed by atoms with van der Waals surface area (Å²) in [5, 5.41) is 1.43. The molecular weight excluding hydrogens is 378 g/mol. The van der Waals surface area contributed by atoms with Gasteiger partial charge in [0.15, 0.2) is 0 Å². The zero-order valence-corrected chi connectivity index (χ0v) is 16.1. The number of carbonyl (C=O) groups is 1. The van der Waals surface area contributed by atoms with E-state index >= 15 is 0 Å². The van der Waals surface area contributed by atoms with Crippen LogP contribution in [0.4, 0.5) is 0 Å². The molecule has 0 saturated carbocycles. The third-order valence-electron chi connectivity index (χ3n) is 4.65. The first kappa shape index (κ1) is 19.0. The van der Waals surface area contributed by atoms with E-state index in [2.05, 4.69) is 4.98 Å². The number of pyridine rings is 1. The molecule has 1 amide bonds. The molecule has 1 aromatic carbocycles. The summed E-state index contributed by atoms with van der Waals surface area (Å²) in [6.07, 6.45) is 3.60. The molecule has 1 saturated heterocycles. The first-order valence-electron chi connectivity index (χ1n) is 8.13. The van der Waals surface area contributed by atoms with E-state index in [1.165, 1.54) is 17.6 Å². The third kappa shape index (κ3) is 3.42. The van der Waals surface area contributed by atoms with Gasteiger partial charge in [0.1, 0.15) is 6.61 Å². The molecule has 2 heterocycles. The molecule has 26 heavy (non-hydrogen) atoms.